The molecule has 18 heavy (non-hydrogen) atoms. The number of carbonyl (C=O) groups excluding carboxylic acids is 1. The quantitative estimate of drug-likeness (QED) is 0.770. The molecule has 0 heterocycles. The first-order valence-electron chi connectivity index (χ1n) is 6.63. The van der Waals surface area contributed by atoms with Gasteiger partial charge in [-0.15, -0.1) is 12.6 Å². The van der Waals surface area contributed by atoms with Crippen LogP contribution in [0.3, 0.4) is 0 Å². The highest BCUT2D eigenvalue weighted by Gasteiger charge is 2.34. The van der Waals surface area contributed by atoms with Crippen molar-refractivity contribution in [2.24, 2.45) is 5.41 Å². The zero-order valence-corrected chi connectivity index (χ0v) is 12.0. The Kier molecular flexibility index (Phi) is 4.00. The molecule has 1 amide bonds. The molecular weight excluding hydrogens is 242 g/mol. The Bertz CT molecular complexity index is 450. The highest BCUT2D eigenvalue weighted by Crippen LogP contribution is 2.37. The zero-order chi connectivity index (χ0) is 13.2. The Morgan fingerprint density at radius 2 is 1.94 bits per heavy atom. The van der Waals surface area contributed by atoms with Gasteiger partial charge in [0.2, 0.25) is 5.91 Å². The van der Waals surface area contributed by atoms with Gasteiger partial charge >= 0.3 is 0 Å². The highest BCUT2D eigenvalue weighted by atomic mass is 32.1. The number of carbonyl (C=O) groups is 1. The molecule has 98 valence electrons. The number of hydrogen-bond donors (Lipinski definition) is 2. The molecule has 2 rings (SSSR count). The van der Waals surface area contributed by atoms with Crippen LogP contribution in [0.1, 0.15) is 44.6 Å². The number of nitrogens with one attached hydrogen (secondary N) is 1. The number of benzene rings is 1. The third-order valence-electron chi connectivity index (χ3n) is 3.99. The third-order valence-corrected chi connectivity index (χ3v) is 4.58. The van der Waals surface area contributed by atoms with E-state index in [1.54, 1.807) is 0 Å². The van der Waals surface area contributed by atoms with Crippen LogP contribution in [-0.4, -0.2) is 5.91 Å². The van der Waals surface area contributed by atoms with Crippen LogP contribution in [0, 0.1) is 12.3 Å². The second-order valence-corrected chi connectivity index (χ2v) is 5.99. The third kappa shape index (κ3) is 2.72. The summed E-state index contributed by atoms with van der Waals surface area (Å²) in [6.45, 7) is 4.08. The fourth-order valence-corrected chi connectivity index (χ4v) is 2.80. The van der Waals surface area contributed by atoms with E-state index in [-0.39, 0.29) is 11.3 Å². The minimum absolute atomic E-state index is 0.142. The molecule has 0 aliphatic heterocycles. The molecule has 1 aromatic rings. The summed E-state index contributed by atoms with van der Waals surface area (Å²) in [5, 5.41) is 3.05. The van der Waals surface area contributed by atoms with Gasteiger partial charge in [-0.2, -0.15) is 0 Å². The van der Waals surface area contributed by atoms with Crippen LogP contribution in [0.2, 0.25) is 0 Å². The summed E-state index contributed by atoms with van der Waals surface area (Å²) in [5.74, 6) is 0.142. The minimum atomic E-state index is -0.206. The lowest BCUT2D eigenvalue weighted by molar-refractivity contribution is -0.126. The number of thiol groups is 1. The molecule has 0 radical (unpaired) electrons. The number of amides is 1. The Morgan fingerprint density at radius 1 is 1.28 bits per heavy atom. The van der Waals surface area contributed by atoms with Gasteiger partial charge in [-0.05, 0) is 31.4 Å². The van der Waals surface area contributed by atoms with Crippen molar-refractivity contribution < 1.29 is 4.79 Å². The second-order valence-electron chi connectivity index (χ2n) is 5.55. The fourth-order valence-electron chi connectivity index (χ4n) is 2.59. The lowest BCUT2D eigenvalue weighted by atomic mass is 9.75. The molecule has 0 aromatic heterocycles. The van der Waals surface area contributed by atoms with Gasteiger partial charge in [-0.3, -0.25) is 4.79 Å². The van der Waals surface area contributed by atoms with Crippen molar-refractivity contribution in [3.05, 3.63) is 23.8 Å². The first-order chi connectivity index (χ1) is 8.53. The lowest BCUT2D eigenvalue weighted by Crippen LogP contribution is -2.35. The van der Waals surface area contributed by atoms with Crippen molar-refractivity contribution in [3.8, 4) is 0 Å². The second kappa shape index (κ2) is 5.35. The van der Waals surface area contributed by atoms with Crippen molar-refractivity contribution in [1.82, 2.24) is 0 Å². The summed E-state index contributed by atoms with van der Waals surface area (Å²) in [7, 11) is 0. The van der Waals surface area contributed by atoms with Crippen LogP contribution >= 0.6 is 12.6 Å². The molecule has 1 saturated carbocycles. The summed E-state index contributed by atoms with van der Waals surface area (Å²) in [5.41, 5.74) is 1.71. The minimum Gasteiger partial charge on any atom is -0.325 e. The van der Waals surface area contributed by atoms with E-state index in [0.717, 1.165) is 41.8 Å². The van der Waals surface area contributed by atoms with E-state index in [0.29, 0.717) is 0 Å². The van der Waals surface area contributed by atoms with E-state index >= 15 is 0 Å². The first kappa shape index (κ1) is 13.5. The predicted octanol–water partition coefficient (Wildman–Crippen LogP) is 4.19. The molecule has 1 aliphatic rings. The number of hydrogen-bond acceptors (Lipinski definition) is 2. The summed E-state index contributed by atoms with van der Waals surface area (Å²) < 4.78 is 0. The Balaban J connectivity index is 2.13. The van der Waals surface area contributed by atoms with E-state index in [2.05, 4.69) is 24.9 Å². The van der Waals surface area contributed by atoms with E-state index in [1.807, 2.05) is 25.1 Å². The van der Waals surface area contributed by atoms with Gasteiger partial charge in [0, 0.05) is 10.3 Å². The van der Waals surface area contributed by atoms with Crippen LogP contribution in [0.25, 0.3) is 0 Å². The Hall–Kier alpha value is -0.960. The zero-order valence-electron chi connectivity index (χ0n) is 11.1. The summed E-state index contributed by atoms with van der Waals surface area (Å²) in [6, 6.07) is 5.87. The van der Waals surface area contributed by atoms with Crippen molar-refractivity contribution in [2.45, 2.75) is 50.8 Å². The van der Waals surface area contributed by atoms with E-state index < -0.39 is 0 Å². The van der Waals surface area contributed by atoms with Gasteiger partial charge in [-0.25, -0.2) is 0 Å². The van der Waals surface area contributed by atoms with Crippen LogP contribution in [0.5, 0.6) is 0 Å². The largest absolute Gasteiger partial charge is 0.325 e. The smallest absolute Gasteiger partial charge is 0.230 e. The molecule has 3 heteroatoms. The van der Waals surface area contributed by atoms with Crippen molar-refractivity contribution in [1.29, 1.82) is 0 Å². The fraction of sp³-hybridized carbons (Fsp3) is 0.533. The van der Waals surface area contributed by atoms with Gasteiger partial charge in [0.25, 0.3) is 0 Å². The maximum Gasteiger partial charge on any atom is 0.230 e. The van der Waals surface area contributed by atoms with Crippen molar-refractivity contribution in [3.63, 3.8) is 0 Å². The molecule has 1 fully saturated rings. The monoisotopic (exact) mass is 263 g/mol. The van der Waals surface area contributed by atoms with Crippen molar-refractivity contribution in [2.75, 3.05) is 5.32 Å². The first-order valence-corrected chi connectivity index (χ1v) is 7.08. The molecule has 0 bridgehead atoms. The molecule has 0 atom stereocenters. The summed E-state index contributed by atoms with van der Waals surface area (Å²) in [4.78, 5) is 13.3. The van der Waals surface area contributed by atoms with Crippen LogP contribution in [-0.2, 0) is 4.79 Å². The molecule has 0 saturated heterocycles. The van der Waals surface area contributed by atoms with E-state index in [4.69, 9.17) is 0 Å². The van der Waals surface area contributed by atoms with Gasteiger partial charge in [-0.1, -0.05) is 38.3 Å². The normalized spacial score (nSPS) is 18.4. The molecule has 1 N–H and O–H groups in total. The Labute approximate surface area is 115 Å². The Morgan fingerprint density at radius 3 is 2.61 bits per heavy atom. The number of aryl methyl sites for hydroxylation is 1. The average molecular weight is 263 g/mol. The average Bonchev–Trinajstić information content (AvgIpc) is 2.36. The van der Waals surface area contributed by atoms with Gasteiger partial charge < -0.3 is 5.32 Å². The topological polar surface area (TPSA) is 29.1 Å². The molecule has 1 aromatic carbocycles. The van der Waals surface area contributed by atoms with Crippen molar-refractivity contribution >= 4 is 24.2 Å². The van der Waals surface area contributed by atoms with Crippen LogP contribution < -0.4 is 5.32 Å². The van der Waals surface area contributed by atoms with Crippen LogP contribution in [0.4, 0.5) is 5.69 Å². The summed E-state index contributed by atoms with van der Waals surface area (Å²) >= 11 is 4.46. The summed E-state index contributed by atoms with van der Waals surface area (Å²) in [6.07, 6.45) is 5.56. The maximum atomic E-state index is 12.4. The van der Waals surface area contributed by atoms with E-state index in [1.165, 1.54) is 6.42 Å². The predicted molar refractivity (Wildman–Crippen MR) is 78.3 cm³/mol. The standard InChI is InChI=1S/C15H21NOS/c1-11-7-6-8-12(13(11)18)16-14(17)15(2)9-4-3-5-10-15/h6-8,18H,3-5,9-10H2,1-2H3,(H,16,17). The molecule has 0 spiro atoms. The molecular formula is C15H21NOS. The molecule has 0 unspecified atom stereocenters. The van der Waals surface area contributed by atoms with Gasteiger partial charge in [0.1, 0.15) is 0 Å². The molecule has 1 aliphatic carbocycles. The maximum absolute atomic E-state index is 12.4. The number of anilines is 1. The van der Waals surface area contributed by atoms with Gasteiger partial charge in [0.15, 0.2) is 0 Å². The highest BCUT2D eigenvalue weighted by molar-refractivity contribution is 7.80. The van der Waals surface area contributed by atoms with Gasteiger partial charge in [0.05, 0.1) is 5.69 Å². The van der Waals surface area contributed by atoms with E-state index in [9.17, 15) is 4.79 Å². The SMILES string of the molecule is Cc1cccc(NC(=O)C2(C)CCCCC2)c1S. The number of rotatable bonds is 2. The lowest BCUT2D eigenvalue weighted by Gasteiger charge is -2.32. The molecule has 2 nitrogen and oxygen atoms in total. The van der Waals surface area contributed by atoms with Crippen LogP contribution in [0.15, 0.2) is 23.1 Å².